The van der Waals surface area contributed by atoms with Crippen molar-refractivity contribution in [3.05, 3.63) is 65.1 Å². The first kappa shape index (κ1) is 19.9. The van der Waals surface area contributed by atoms with Crippen LogP contribution in [0.5, 0.6) is 0 Å². The van der Waals surface area contributed by atoms with Crippen molar-refractivity contribution in [2.24, 2.45) is 0 Å². The van der Waals surface area contributed by atoms with E-state index in [0.29, 0.717) is 17.4 Å². The lowest BCUT2D eigenvalue weighted by atomic mass is 10.1. The molecule has 1 N–H and O–H groups in total. The quantitative estimate of drug-likeness (QED) is 0.455. The average molecular weight is 401 g/mol. The van der Waals surface area contributed by atoms with Crippen LogP contribution in [-0.4, -0.2) is 37.6 Å². The molecule has 1 unspecified atom stereocenters. The van der Waals surface area contributed by atoms with E-state index in [1.54, 1.807) is 31.3 Å². The molecule has 1 atom stereocenters. The summed E-state index contributed by atoms with van der Waals surface area (Å²) in [5.74, 6) is 0. The Bertz CT molecular complexity index is 988. The van der Waals surface area contributed by atoms with Crippen molar-refractivity contribution in [1.29, 1.82) is 0 Å². The van der Waals surface area contributed by atoms with E-state index in [9.17, 15) is 9.90 Å². The largest absolute Gasteiger partial charge is 0.463 e. The zero-order valence-electron chi connectivity index (χ0n) is 15.6. The van der Waals surface area contributed by atoms with Gasteiger partial charge in [0.15, 0.2) is 0 Å². The Kier molecular flexibility index (Phi) is 6.28. The third-order valence-electron chi connectivity index (χ3n) is 4.32. The SMILES string of the molecule is CCn1ncc2cc(Cl)nc(C=CCON(C(=O)O)C(C)c3ccccc3)c21. The molecule has 1 amide bonds. The maximum atomic E-state index is 11.6. The van der Waals surface area contributed by atoms with E-state index in [1.807, 2.05) is 41.9 Å². The molecule has 0 aliphatic carbocycles. The van der Waals surface area contributed by atoms with Crippen LogP contribution < -0.4 is 0 Å². The summed E-state index contributed by atoms with van der Waals surface area (Å²) in [4.78, 5) is 21.4. The van der Waals surface area contributed by atoms with Gasteiger partial charge in [0.2, 0.25) is 0 Å². The van der Waals surface area contributed by atoms with Crippen molar-refractivity contribution in [2.45, 2.75) is 26.4 Å². The van der Waals surface area contributed by atoms with Gasteiger partial charge in [-0.05, 0) is 31.6 Å². The number of pyridine rings is 1. The fourth-order valence-corrected chi connectivity index (χ4v) is 3.16. The summed E-state index contributed by atoms with van der Waals surface area (Å²) in [7, 11) is 0. The number of hydrogen-bond donors (Lipinski definition) is 1. The molecule has 1 aromatic carbocycles. The number of carbonyl (C=O) groups is 1. The second-order valence-corrected chi connectivity index (χ2v) is 6.51. The molecule has 0 aliphatic rings. The lowest BCUT2D eigenvalue weighted by molar-refractivity contribution is -0.144. The first-order valence-corrected chi connectivity index (χ1v) is 9.27. The molecular formula is C20H21ClN4O3. The number of hydrogen-bond acceptors (Lipinski definition) is 4. The first-order valence-electron chi connectivity index (χ1n) is 8.90. The first-order chi connectivity index (χ1) is 13.5. The summed E-state index contributed by atoms with van der Waals surface area (Å²) in [5, 5.41) is 16.0. The highest BCUT2D eigenvalue weighted by Gasteiger charge is 2.21. The third kappa shape index (κ3) is 4.32. The molecule has 0 saturated carbocycles. The van der Waals surface area contributed by atoms with Crippen LogP contribution in [0.2, 0.25) is 5.15 Å². The Hall–Kier alpha value is -2.90. The van der Waals surface area contributed by atoms with Crippen molar-refractivity contribution in [3.8, 4) is 0 Å². The summed E-state index contributed by atoms with van der Waals surface area (Å²) < 4.78 is 1.83. The second-order valence-electron chi connectivity index (χ2n) is 6.12. The third-order valence-corrected chi connectivity index (χ3v) is 4.51. The van der Waals surface area contributed by atoms with Crippen molar-refractivity contribution < 1.29 is 14.7 Å². The number of amides is 1. The van der Waals surface area contributed by atoms with Gasteiger partial charge in [0, 0.05) is 11.9 Å². The van der Waals surface area contributed by atoms with E-state index in [4.69, 9.17) is 16.4 Å². The number of nitrogens with zero attached hydrogens (tertiary/aromatic N) is 4. The van der Waals surface area contributed by atoms with Crippen molar-refractivity contribution in [1.82, 2.24) is 19.8 Å². The van der Waals surface area contributed by atoms with Crippen LogP contribution in [0, 0.1) is 0 Å². The van der Waals surface area contributed by atoms with Gasteiger partial charge >= 0.3 is 6.09 Å². The summed E-state index contributed by atoms with van der Waals surface area (Å²) in [6, 6.07) is 10.6. The number of fused-ring (bicyclic) bond motifs is 1. The summed E-state index contributed by atoms with van der Waals surface area (Å²) in [5.41, 5.74) is 2.37. The minimum Gasteiger partial charge on any atom is -0.463 e. The zero-order valence-corrected chi connectivity index (χ0v) is 16.4. The Morgan fingerprint density at radius 2 is 2.14 bits per heavy atom. The molecule has 0 spiro atoms. The highest BCUT2D eigenvalue weighted by atomic mass is 35.5. The summed E-state index contributed by atoms with van der Waals surface area (Å²) in [6.45, 7) is 4.54. The fourth-order valence-electron chi connectivity index (χ4n) is 2.95. The van der Waals surface area contributed by atoms with E-state index in [-0.39, 0.29) is 6.61 Å². The van der Waals surface area contributed by atoms with E-state index in [2.05, 4.69) is 10.1 Å². The van der Waals surface area contributed by atoms with Crippen LogP contribution in [0.3, 0.4) is 0 Å². The molecule has 0 radical (unpaired) electrons. The highest BCUT2D eigenvalue weighted by Crippen LogP contribution is 2.23. The lowest BCUT2D eigenvalue weighted by Gasteiger charge is -2.25. The standard InChI is InChI=1S/C20H21ClN4O3/c1-3-24-19-16(13-22-24)12-18(21)23-17(19)10-7-11-28-25(20(26)27)14(2)15-8-5-4-6-9-15/h4-10,12-14H,3,11H2,1-2H3,(H,26,27). The van der Waals surface area contributed by atoms with E-state index in [1.165, 1.54) is 0 Å². The Morgan fingerprint density at radius 1 is 1.39 bits per heavy atom. The normalized spacial score (nSPS) is 12.5. The van der Waals surface area contributed by atoms with Gasteiger partial charge in [-0.15, -0.1) is 0 Å². The van der Waals surface area contributed by atoms with E-state index >= 15 is 0 Å². The summed E-state index contributed by atoms with van der Waals surface area (Å²) >= 11 is 6.09. The van der Waals surface area contributed by atoms with Crippen molar-refractivity contribution in [2.75, 3.05) is 6.61 Å². The van der Waals surface area contributed by atoms with Gasteiger partial charge < -0.3 is 5.11 Å². The van der Waals surface area contributed by atoms with Gasteiger partial charge in [-0.1, -0.05) is 48.0 Å². The molecule has 0 fully saturated rings. The van der Waals surface area contributed by atoms with Crippen molar-refractivity contribution >= 4 is 34.7 Å². The number of aromatic nitrogens is 3. The van der Waals surface area contributed by atoms with Crippen LogP contribution in [0.15, 0.2) is 48.7 Å². The lowest BCUT2D eigenvalue weighted by Crippen LogP contribution is -2.32. The van der Waals surface area contributed by atoms with Crippen molar-refractivity contribution in [3.63, 3.8) is 0 Å². The Balaban J connectivity index is 1.74. The maximum absolute atomic E-state index is 11.6. The number of aryl methyl sites for hydroxylation is 1. The topological polar surface area (TPSA) is 80.5 Å². The maximum Gasteiger partial charge on any atom is 0.432 e. The number of carboxylic acid groups (broad SMARTS) is 1. The van der Waals surface area contributed by atoms with Crippen LogP contribution in [0.25, 0.3) is 17.0 Å². The molecule has 0 aliphatic heterocycles. The second kappa shape index (κ2) is 8.86. The van der Waals surface area contributed by atoms with Gasteiger partial charge in [0.1, 0.15) is 5.15 Å². The van der Waals surface area contributed by atoms with Crippen LogP contribution in [0.1, 0.15) is 31.1 Å². The number of halogens is 1. The van der Waals surface area contributed by atoms with Gasteiger partial charge in [0.25, 0.3) is 0 Å². The minimum absolute atomic E-state index is 0.0689. The van der Waals surface area contributed by atoms with Gasteiger partial charge in [-0.3, -0.25) is 9.52 Å². The molecule has 2 heterocycles. The zero-order chi connectivity index (χ0) is 20.1. The Labute approximate surface area is 167 Å². The van der Waals surface area contributed by atoms with E-state index < -0.39 is 12.1 Å². The molecule has 3 rings (SSSR count). The van der Waals surface area contributed by atoms with Crippen LogP contribution in [0.4, 0.5) is 4.79 Å². The minimum atomic E-state index is -1.16. The number of hydroxylamine groups is 2. The molecule has 28 heavy (non-hydrogen) atoms. The van der Waals surface area contributed by atoms with E-state index in [0.717, 1.165) is 21.5 Å². The van der Waals surface area contributed by atoms with Crippen LogP contribution in [-0.2, 0) is 11.4 Å². The smallest absolute Gasteiger partial charge is 0.432 e. The molecule has 2 aromatic heterocycles. The molecule has 7 nitrogen and oxygen atoms in total. The summed E-state index contributed by atoms with van der Waals surface area (Å²) in [6.07, 6.45) is 4.05. The number of rotatable bonds is 7. The molecular weight excluding hydrogens is 380 g/mol. The average Bonchev–Trinajstić information content (AvgIpc) is 3.10. The van der Waals surface area contributed by atoms with Crippen LogP contribution >= 0.6 is 11.6 Å². The predicted molar refractivity (Wildman–Crippen MR) is 108 cm³/mol. The molecule has 0 saturated heterocycles. The van der Waals surface area contributed by atoms with Gasteiger partial charge in [0.05, 0.1) is 30.1 Å². The molecule has 8 heteroatoms. The Morgan fingerprint density at radius 3 is 2.82 bits per heavy atom. The number of benzene rings is 1. The molecule has 0 bridgehead atoms. The van der Waals surface area contributed by atoms with Gasteiger partial charge in [-0.2, -0.15) is 10.2 Å². The van der Waals surface area contributed by atoms with Gasteiger partial charge in [-0.25, -0.2) is 9.78 Å². The monoisotopic (exact) mass is 400 g/mol. The molecule has 3 aromatic rings. The predicted octanol–water partition coefficient (Wildman–Crippen LogP) is 4.79. The highest BCUT2D eigenvalue weighted by molar-refractivity contribution is 6.30. The fraction of sp³-hybridized carbons (Fsp3) is 0.250. The molecule has 146 valence electrons.